The molecule has 0 spiro atoms. The number of hydrogen-bond donors (Lipinski definition) is 1. The van der Waals surface area contributed by atoms with Crippen molar-refractivity contribution in [3.05, 3.63) is 47.8 Å². The number of ether oxygens (including phenoxy) is 4. The van der Waals surface area contributed by atoms with Crippen LogP contribution in [-0.4, -0.2) is 43.3 Å². The molecule has 0 fully saturated rings. The summed E-state index contributed by atoms with van der Waals surface area (Å²) in [5, 5.41) is 11.5. The van der Waals surface area contributed by atoms with E-state index in [1.165, 1.54) is 26.6 Å². The van der Waals surface area contributed by atoms with Crippen LogP contribution in [0.2, 0.25) is 0 Å². The van der Waals surface area contributed by atoms with Gasteiger partial charge in [-0.15, -0.1) is 0 Å². The Morgan fingerprint density at radius 2 is 1.59 bits per heavy atom. The molecule has 7 nitrogen and oxygen atoms in total. The summed E-state index contributed by atoms with van der Waals surface area (Å²) >= 11 is 0. The number of fused-ring (bicyclic) bond motifs is 1. The molecule has 7 heteroatoms. The van der Waals surface area contributed by atoms with Gasteiger partial charge in [-0.3, -0.25) is 9.78 Å². The standard InChI is InChI=1S/C22H23NO6/c1-5-28-17-8-7-14-15(11-23-12-16(14)21(17)25)20(24)13-9-18(26-3)22(29-6-2)19(10-13)27-4/h7-12,25H,5-6H2,1-4H3. The van der Waals surface area contributed by atoms with Crippen LogP contribution in [0.25, 0.3) is 10.8 Å². The number of phenols is 1. The Morgan fingerprint density at radius 1 is 0.931 bits per heavy atom. The van der Waals surface area contributed by atoms with Crippen LogP contribution >= 0.6 is 0 Å². The highest BCUT2D eigenvalue weighted by atomic mass is 16.5. The predicted octanol–water partition coefficient (Wildman–Crippen LogP) is 3.99. The first kappa shape index (κ1) is 20.3. The first-order valence-electron chi connectivity index (χ1n) is 9.21. The summed E-state index contributed by atoms with van der Waals surface area (Å²) in [6.45, 7) is 4.52. The molecule has 1 heterocycles. The minimum Gasteiger partial charge on any atom is -0.504 e. The largest absolute Gasteiger partial charge is 0.504 e. The fourth-order valence-electron chi connectivity index (χ4n) is 3.12. The number of nitrogens with zero attached hydrogens (tertiary/aromatic N) is 1. The van der Waals surface area contributed by atoms with Gasteiger partial charge >= 0.3 is 0 Å². The second-order valence-corrected chi connectivity index (χ2v) is 6.10. The van der Waals surface area contributed by atoms with Crippen LogP contribution in [0.4, 0.5) is 0 Å². The number of methoxy groups -OCH3 is 2. The molecule has 0 bridgehead atoms. The molecule has 0 aliphatic rings. The number of ketones is 1. The molecule has 3 rings (SSSR count). The zero-order valence-corrected chi connectivity index (χ0v) is 16.8. The summed E-state index contributed by atoms with van der Waals surface area (Å²) in [6, 6.07) is 6.57. The van der Waals surface area contributed by atoms with Gasteiger partial charge in [0.2, 0.25) is 5.75 Å². The normalized spacial score (nSPS) is 10.6. The molecule has 29 heavy (non-hydrogen) atoms. The number of aromatic hydroxyl groups is 1. The van der Waals surface area contributed by atoms with Crippen LogP contribution in [0, 0.1) is 0 Å². The predicted molar refractivity (Wildman–Crippen MR) is 109 cm³/mol. The van der Waals surface area contributed by atoms with E-state index in [9.17, 15) is 9.90 Å². The van der Waals surface area contributed by atoms with E-state index in [-0.39, 0.29) is 11.5 Å². The van der Waals surface area contributed by atoms with Crippen molar-refractivity contribution in [2.45, 2.75) is 13.8 Å². The van der Waals surface area contributed by atoms with E-state index in [0.717, 1.165) is 0 Å². The maximum atomic E-state index is 13.3. The number of carbonyl (C=O) groups excluding carboxylic acids is 1. The molecule has 0 amide bonds. The molecule has 0 saturated carbocycles. The van der Waals surface area contributed by atoms with E-state index in [0.29, 0.717) is 58.1 Å². The molecule has 0 radical (unpaired) electrons. The molecule has 1 N–H and O–H groups in total. The minimum atomic E-state index is -0.286. The highest BCUT2D eigenvalue weighted by molar-refractivity contribution is 6.17. The molecular formula is C22H23NO6. The van der Waals surface area contributed by atoms with Crippen LogP contribution in [-0.2, 0) is 0 Å². The van der Waals surface area contributed by atoms with Crippen molar-refractivity contribution in [3.8, 4) is 28.7 Å². The number of benzene rings is 2. The molecule has 0 saturated heterocycles. The molecule has 152 valence electrons. The monoisotopic (exact) mass is 397 g/mol. The summed E-state index contributed by atoms with van der Waals surface area (Å²) in [4.78, 5) is 17.4. The Hall–Kier alpha value is -3.48. The lowest BCUT2D eigenvalue weighted by Gasteiger charge is -2.15. The van der Waals surface area contributed by atoms with Gasteiger partial charge in [0.15, 0.2) is 28.8 Å². The van der Waals surface area contributed by atoms with E-state index >= 15 is 0 Å². The van der Waals surface area contributed by atoms with E-state index in [2.05, 4.69) is 4.98 Å². The van der Waals surface area contributed by atoms with Gasteiger partial charge < -0.3 is 24.1 Å². The van der Waals surface area contributed by atoms with Gasteiger partial charge in [0.05, 0.1) is 27.4 Å². The highest BCUT2D eigenvalue weighted by Gasteiger charge is 2.21. The Labute approximate surface area is 168 Å². The van der Waals surface area contributed by atoms with E-state index in [4.69, 9.17) is 18.9 Å². The quantitative estimate of drug-likeness (QED) is 0.575. The zero-order valence-electron chi connectivity index (χ0n) is 16.8. The lowest BCUT2D eigenvalue weighted by molar-refractivity contribution is 0.103. The minimum absolute atomic E-state index is 0.0478. The lowest BCUT2D eigenvalue weighted by Crippen LogP contribution is -2.06. The molecule has 0 aliphatic carbocycles. The second kappa shape index (κ2) is 8.68. The molecule has 3 aromatic rings. The van der Waals surface area contributed by atoms with Gasteiger partial charge in [0, 0.05) is 28.9 Å². The average Bonchev–Trinajstić information content (AvgIpc) is 2.75. The second-order valence-electron chi connectivity index (χ2n) is 6.10. The summed E-state index contributed by atoms with van der Waals surface area (Å²) in [7, 11) is 3.00. The van der Waals surface area contributed by atoms with Crippen molar-refractivity contribution >= 4 is 16.6 Å². The maximum absolute atomic E-state index is 13.3. The summed E-state index contributed by atoms with van der Waals surface area (Å²) in [5.41, 5.74) is 0.693. The summed E-state index contributed by atoms with van der Waals surface area (Å²) in [5.74, 6) is 1.23. The smallest absolute Gasteiger partial charge is 0.203 e. The fourth-order valence-corrected chi connectivity index (χ4v) is 3.12. The Kier molecular flexibility index (Phi) is 6.07. The lowest BCUT2D eigenvalue weighted by atomic mass is 9.98. The molecule has 1 aromatic heterocycles. The summed E-state index contributed by atoms with van der Waals surface area (Å²) < 4.78 is 21.8. The van der Waals surface area contributed by atoms with Crippen LogP contribution in [0.1, 0.15) is 29.8 Å². The Balaban J connectivity index is 2.13. The van der Waals surface area contributed by atoms with Crippen molar-refractivity contribution in [3.63, 3.8) is 0 Å². The van der Waals surface area contributed by atoms with Crippen molar-refractivity contribution in [1.29, 1.82) is 0 Å². The third-order valence-electron chi connectivity index (χ3n) is 4.43. The van der Waals surface area contributed by atoms with Gasteiger partial charge in [0.25, 0.3) is 0 Å². The van der Waals surface area contributed by atoms with Gasteiger partial charge in [-0.25, -0.2) is 0 Å². The van der Waals surface area contributed by atoms with Crippen LogP contribution in [0.5, 0.6) is 28.7 Å². The summed E-state index contributed by atoms with van der Waals surface area (Å²) in [6.07, 6.45) is 2.98. The van der Waals surface area contributed by atoms with Crippen molar-refractivity contribution < 1.29 is 28.8 Å². The first-order valence-corrected chi connectivity index (χ1v) is 9.21. The number of hydrogen-bond acceptors (Lipinski definition) is 7. The van der Waals surface area contributed by atoms with E-state index in [1.807, 2.05) is 13.8 Å². The Bertz CT molecular complexity index is 1020. The number of aromatic nitrogens is 1. The van der Waals surface area contributed by atoms with E-state index in [1.54, 1.807) is 24.3 Å². The fraction of sp³-hybridized carbons (Fsp3) is 0.273. The number of carbonyl (C=O) groups is 1. The zero-order chi connectivity index (χ0) is 21.0. The van der Waals surface area contributed by atoms with E-state index < -0.39 is 0 Å². The van der Waals surface area contributed by atoms with Crippen LogP contribution in [0.15, 0.2) is 36.7 Å². The molecule has 0 aliphatic heterocycles. The van der Waals surface area contributed by atoms with Crippen molar-refractivity contribution in [1.82, 2.24) is 4.98 Å². The maximum Gasteiger partial charge on any atom is 0.203 e. The van der Waals surface area contributed by atoms with Crippen LogP contribution < -0.4 is 18.9 Å². The van der Waals surface area contributed by atoms with Gasteiger partial charge in [-0.2, -0.15) is 0 Å². The third-order valence-corrected chi connectivity index (χ3v) is 4.43. The van der Waals surface area contributed by atoms with Gasteiger partial charge in [0.1, 0.15) is 0 Å². The van der Waals surface area contributed by atoms with Gasteiger partial charge in [-0.05, 0) is 43.5 Å². The Morgan fingerprint density at radius 3 is 2.17 bits per heavy atom. The topological polar surface area (TPSA) is 87.1 Å². The molecule has 2 aromatic carbocycles. The van der Waals surface area contributed by atoms with Crippen LogP contribution in [0.3, 0.4) is 0 Å². The van der Waals surface area contributed by atoms with Crippen molar-refractivity contribution in [2.75, 3.05) is 27.4 Å². The number of rotatable bonds is 8. The number of phenolic OH excluding ortho intramolecular Hbond substituents is 1. The van der Waals surface area contributed by atoms with Gasteiger partial charge in [-0.1, -0.05) is 0 Å². The highest BCUT2D eigenvalue weighted by Crippen LogP contribution is 2.40. The molecule has 0 unspecified atom stereocenters. The molecular weight excluding hydrogens is 374 g/mol. The van der Waals surface area contributed by atoms with Crippen molar-refractivity contribution in [2.24, 2.45) is 0 Å². The SMILES string of the molecule is CCOc1ccc2c(C(=O)c3cc(OC)c(OCC)c(OC)c3)cncc2c1O. The molecule has 0 atom stereocenters. The third kappa shape index (κ3) is 3.76. The average molecular weight is 397 g/mol. The number of pyridine rings is 1. The first-order chi connectivity index (χ1) is 14.0.